The number of nitrogens with zero attached hydrogens (tertiary/aromatic N) is 1. The molecule has 0 bridgehead atoms. The quantitative estimate of drug-likeness (QED) is 0.750. The zero-order chi connectivity index (χ0) is 18.4. The van der Waals surface area contributed by atoms with Crippen molar-refractivity contribution in [2.75, 3.05) is 6.61 Å². The maximum atomic E-state index is 10.8. The second-order valence-corrected chi connectivity index (χ2v) is 6.16. The highest BCUT2D eigenvalue weighted by Crippen LogP contribution is 2.31. The number of hydrogen-bond donors (Lipinski definition) is 3. The smallest absolute Gasteiger partial charge is 0.311 e. The van der Waals surface area contributed by atoms with Crippen LogP contribution in [-0.2, 0) is 17.9 Å². The van der Waals surface area contributed by atoms with Crippen LogP contribution in [0.5, 0.6) is 5.88 Å². The minimum Gasteiger partial charge on any atom is -0.481 e. The van der Waals surface area contributed by atoms with Gasteiger partial charge in [0, 0.05) is 28.4 Å². The Morgan fingerprint density at radius 3 is 2.80 bits per heavy atom. The molecule has 0 spiro atoms. The number of ether oxygens (including phenoxy) is 1. The fourth-order valence-electron chi connectivity index (χ4n) is 2.50. The second-order valence-electron chi connectivity index (χ2n) is 5.31. The topological polar surface area (TPSA) is 106 Å². The van der Waals surface area contributed by atoms with Gasteiger partial charge in [0.1, 0.15) is 0 Å². The molecule has 1 aromatic carbocycles. The van der Waals surface area contributed by atoms with Gasteiger partial charge in [0.25, 0.3) is 0 Å². The number of carboxylic acids is 1. The highest BCUT2D eigenvalue weighted by Gasteiger charge is 2.27. The molecule has 0 fully saturated rings. The molecule has 2 aromatic rings. The molecule has 1 aliphatic heterocycles. The summed E-state index contributed by atoms with van der Waals surface area (Å²) in [5, 5.41) is 18.9. The lowest BCUT2D eigenvalue weighted by atomic mass is 9.96. The Labute approximate surface area is 155 Å². The second kappa shape index (κ2) is 9.01. The predicted molar refractivity (Wildman–Crippen MR) is 95.0 cm³/mol. The van der Waals surface area contributed by atoms with Gasteiger partial charge in [-0.3, -0.25) is 4.79 Å². The molecule has 3 rings (SSSR count). The van der Waals surface area contributed by atoms with Crippen molar-refractivity contribution in [2.45, 2.75) is 25.5 Å². The molecule has 1 aliphatic rings. The highest BCUT2D eigenvalue weighted by atomic mass is 35.5. The lowest BCUT2D eigenvalue weighted by molar-refractivity contribution is -0.139. The Morgan fingerprint density at radius 1 is 1.40 bits per heavy atom. The summed E-state index contributed by atoms with van der Waals surface area (Å²) in [5.41, 5.74) is 7.56. The first kappa shape index (κ1) is 19.5. The molecule has 8 heteroatoms. The fourth-order valence-corrected chi connectivity index (χ4v) is 3.11. The summed E-state index contributed by atoms with van der Waals surface area (Å²) >= 11 is 11.6. The van der Waals surface area contributed by atoms with E-state index in [1.54, 1.807) is 30.5 Å². The summed E-state index contributed by atoms with van der Waals surface area (Å²) in [7, 11) is 0. The SMILES string of the molecule is NCc1c(Cl)cc(Cl)cc1CO.O=C(O)C1CCOc2ncccc21. The van der Waals surface area contributed by atoms with Gasteiger partial charge in [-0.15, -0.1) is 0 Å². The Bertz CT molecular complexity index is 755. The summed E-state index contributed by atoms with van der Waals surface area (Å²) in [6.45, 7) is 0.652. The zero-order valence-electron chi connectivity index (χ0n) is 13.3. The number of carboxylic acid groups (broad SMARTS) is 1. The van der Waals surface area contributed by atoms with E-state index in [4.69, 9.17) is 43.9 Å². The van der Waals surface area contributed by atoms with E-state index in [2.05, 4.69) is 4.98 Å². The van der Waals surface area contributed by atoms with Crippen LogP contribution in [0.15, 0.2) is 30.5 Å². The highest BCUT2D eigenvalue weighted by molar-refractivity contribution is 6.35. The number of aliphatic carboxylic acids is 1. The normalized spacial score (nSPS) is 15.4. The number of carbonyl (C=O) groups is 1. The van der Waals surface area contributed by atoms with Crippen molar-refractivity contribution in [3.8, 4) is 5.88 Å². The van der Waals surface area contributed by atoms with Gasteiger partial charge in [-0.25, -0.2) is 4.98 Å². The van der Waals surface area contributed by atoms with Crippen LogP contribution < -0.4 is 10.5 Å². The lowest BCUT2D eigenvalue weighted by Crippen LogP contribution is -2.21. The van der Waals surface area contributed by atoms with Crippen molar-refractivity contribution < 1.29 is 19.7 Å². The number of nitrogens with two attached hydrogens (primary N) is 1. The molecule has 0 radical (unpaired) electrons. The van der Waals surface area contributed by atoms with Crippen LogP contribution in [0.4, 0.5) is 0 Å². The largest absolute Gasteiger partial charge is 0.481 e. The fraction of sp³-hybridized carbons (Fsp3) is 0.294. The summed E-state index contributed by atoms with van der Waals surface area (Å²) in [5.74, 6) is -0.809. The molecule has 0 amide bonds. The van der Waals surface area contributed by atoms with E-state index < -0.39 is 11.9 Å². The van der Waals surface area contributed by atoms with Gasteiger partial charge < -0.3 is 20.7 Å². The van der Waals surface area contributed by atoms with Gasteiger partial charge in [0.05, 0.1) is 19.1 Å². The third-order valence-electron chi connectivity index (χ3n) is 3.75. The first-order chi connectivity index (χ1) is 12.0. The van der Waals surface area contributed by atoms with E-state index in [1.165, 1.54) is 0 Å². The van der Waals surface area contributed by atoms with Gasteiger partial charge in [0.15, 0.2) is 0 Å². The third-order valence-corrected chi connectivity index (χ3v) is 4.30. The van der Waals surface area contributed by atoms with Crippen LogP contribution >= 0.6 is 23.2 Å². The number of hydrogen-bond acceptors (Lipinski definition) is 5. The Hall–Kier alpha value is -1.86. The molecule has 4 N–H and O–H groups in total. The molecule has 6 nitrogen and oxygen atoms in total. The van der Waals surface area contributed by atoms with E-state index >= 15 is 0 Å². The number of benzene rings is 1. The van der Waals surface area contributed by atoms with Crippen molar-refractivity contribution in [1.29, 1.82) is 0 Å². The van der Waals surface area contributed by atoms with Crippen LogP contribution in [0.1, 0.15) is 29.0 Å². The molecule has 1 aromatic heterocycles. The molecule has 2 heterocycles. The molecule has 134 valence electrons. The van der Waals surface area contributed by atoms with Crippen molar-refractivity contribution >= 4 is 29.2 Å². The van der Waals surface area contributed by atoms with Crippen LogP contribution in [0, 0.1) is 0 Å². The molecular formula is C17H18Cl2N2O4. The van der Waals surface area contributed by atoms with Crippen LogP contribution in [0.2, 0.25) is 10.0 Å². The predicted octanol–water partition coefficient (Wildman–Crippen LogP) is 2.98. The number of pyridine rings is 1. The molecule has 1 unspecified atom stereocenters. The molecular weight excluding hydrogens is 367 g/mol. The minimum absolute atomic E-state index is 0.0905. The average Bonchev–Trinajstić information content (AvgIpc) is 2.61. The Kier molecular flexibility index (Phi) is 7.01. The summed E-state index contributed by atoms with van der Waals surface area (Å²) in [4.78, 5) is 14.8. The molecule has 0 saturated heterocycles. The minimum atomic E-state index is -0.808. The van der Waals surface area contributed by atoms with Gasteiger partial charge >= 0.3 is 5.97 Å². The van der Waals surface area contributed by atoms with Crippen molar-refractivity contribution in [2.24, 2.45) is 5.73 Å². The monoisotopic (exact) mass is 384 g/mol. The number of aliphatic hydroxyl groups is 1. The number of aromatic nitrogens is 1. The number of halogens is 2. The molecule has 0 saturated carbocycles. The summed E-state index contributed by atoms with van der Waals surface area (Å²) in [6.07, 6.45) is 2.12. The zero-order valence-corrected chi connectivity index (χ0v) is 14.8. The summed E-state index contributed by atoms with van der Waals surface area (Å²) in [6, 6.07) is 6.75. The molecule has 0 aliphatic carbocycles. The Balaban J connectivity index is 0.000000181. The van der Waals surface area contributed by atoms with Gasteiger partial charge in [0.2, 0.25) is 5.88 Å². The van der Waals surface area contributed by atoms with Crippen molar-refractivity contribution in [1.82, 2.24) is 4.98 Å². The van der Waals surface area contributed by atoms with Crippen LogP contribution in [0.3, 0.4) is 0 Å². The average molecular weight is 385 g/mol. The maximum absolute atomic E-state index is 10.8. The van der Waals surface area contributed by atoms with Crippen molar-refractivity contribution in [3.63, 3.8) is 0 Å². The number of rotatable bonds is 3. The third kappa shape index (κ3) is 4.83. The van der Waals surface area contributed by atoms with Gasteiger partial charge in [-0.05, 0) is 35.7 Å². The van der Waals surface area contributed by atoms with E-state index in [1.807, 2.05) is 0 Å². The lowest BCUT2D eigenvalue weighted by Gasteiger charge is -2.21. The first-order valence-electron chi connectivity index (χ1n) is 7.56. The molecule has 1 atom stereocenters. The van der Waals surface area contributed by atoms with E-state index in [-0.39, 0.29) is 6.61 Å². The van der Waals surface area contributed by atoms with Crippen molar-refractivity contribution in [3.05, 3.63) is 57.2 Å². The van der Waals surface area contributed by atoms with Crippen LogP contribution in [0.25, 0.3) is 0 Å². The molecule has 25 heavy (non-hydrogen) atoms. The van der Waals surface area contributed by atoms with Gasteiger partial charge in [-0.1, -0.05) is 29.3 Å². The number of fused-ring (bicyclic) bond motifs is 1. The maximum Gasteiger partial charge on any atom is 0.311 e. The number of aliphatic hydroxyl groups excluding tert-OH is 1. The van der Waals surface area contributed by atoms with Gasteiger partial charge in [-0.2, -0.15) is 0 Å². The summed E-state index contributed by atoms with van der Waals surface area (Å²) < 4.78 is 5.23. The van der Waals surface area contributed by atoms with E-state index in [0.717, 1.165) is 5.56 Å². The van der Waals surface area contributed by atoms with E-state index in [0.29, 0.717) is 46.6 Å². The van der Waals surface area contributed by atoms with Crippen LogP contribution in [-0.4, -0.2) is 27.8 Å². The first-order valence-corrected chi connectivity index (χ1v) is 8.31. The Morgan fingerprint density at radius 2 is 2.16 bits per heavy atom. The van der Waals surface area contributed by atoms with E-state index in [9.17, 15) is 4.79 Å². The standard InChI is InChI=1S/C9H9NO3.C8H9Cl2NO/c11-9(12)7-3-5-13-8-6(7)2-1-4-10-8;9-6-1-5(4-12)7(3-11)8(10)2-6/h1-2,4,7H,3,5H2,(H,11,12);1-2,12H,3-4,11H2.